The van der Waals surface area contributed by atoms with E-state index in [0.29, 0.717) is 12.2 Å². The number of carbonyl (C=O) groups excluding carboxylic acids is 1. The molecule has 0 aliphatic carbocycles. The molecule has 1 aliphatic rings. The van der Waals surface area contributed by atoms with E-state index >= 15 is 0 Å². The highest BCUT2D eigenvalue weighted by atomic mass is 16.5. The van der Waals surface area contributed by atoms with Gasteiger partial charge in [0.05, 0.1) is 12.5 Å². The first-order valence-electron chi connectivity index (χ1n) is 6.33. The summed E-state index contributed by atoms with van der Waals surface area (Å²) in [6.45, 7) is 2.71. The van der Waals surface area contributed by atoms with Gasteiger partial charge in [0.15, 0.2) is 0 Å². The summed E-state index contributed by atoms with van der Waals surface area (Å²) in [5, 5.41) is 12.6. The van der Waals surface area contributed by atoms with E-state index in [1.54, 1.807) is 18.2 Å². The Morgan fingerprint density at radius 3 is 3.00 bits per heavy atom. The number of hydrogen-bond donors (Lipinski definition) is 2. The predicted octanol–water partition coefficient (Wildman–Crippen LogP) is 1.62. The van der Waals surface area contributed by atoms with Crippen molar-refractivity contribution in [3.63, 3.8) is 0 Å². The fourth-order valence-electron chi connectivity index (χ4n) is 2.24. The molecular formula is C14H19NO3. The van der Waals surface area contributed by atoms with E-state index in [-0.39, 0.29) is 30.2 Å². The van der Waals surface area contributed by atoms with Gasteiger partial charge in [0, 0.05) is 18.2 Å². The minimum Gasteiger partial charge on any atom is -0.508 e. The summed E-state index contributed by atoms with van der Waals surface area (Å²) in [5.74, 6) is 0.128. The molecule has 98 valence electrons. The minimum atomic E-state index is -0.0457. The Morgan fingerprint density at radius 2 is 2.28 bits per heavy atom. The predicted molar refractivity (Wildman–Crippen MR) is 68.4 cm³/mol. The molecule has 2 rings (SSSR count). The van der Waals surface area contributed by atoms with Gasteiger partial charge in [0.2, 0.25) is 5.91 Å². The van der Waals surface area contributed by atoms with Crippen molar-refractivity contribution in [3.8, 4) is 5.75 Å². The van der Waals surface area contributed by atoms with Gasteiger partial charge in [-0.15, -0.1) is 0 Å². The number of para-hydroxylation sites is 1. The first kappa shape index (κ1) is 12.9. The van der Waals surface area contributed by atoms with Gasteiger partial charge in [-0.25, -0.2) is 0 Å². The lowest BCUT2D eigenvalue weighted by Crippen LogP contribution is -2.41. The van der Waals surface area contributed by atoms with Gasteiger partial charge >= 0.3 is 0 Å². The Bertz CT molecular complexity index is 419. The number of carbonyl (C=O) groups is 1. The van der Waals surface area contributed by atoms with Crippen molar-refractivity contribution in [1.29, 1.82) is 0 Å². The van der Waals surface area contributed by atoms with Crippen LogP contribution in [0.25, 0.3) is 0 Å². The number of nitrogens with one attached hydrogen (secondary N) is 1. The molecule has 1 aliphatic heterocycles. The van der Waals surface area contributed by atoms with E-state index in [4.69, 9.17) is 4.74 Å². The summed E-state index contributed by atoms with van der Waals surface area (Å²) in [7, 11) is 0. The van der Waals surface area contributed by atoms with Crippen molar-refractivity contribution in [3.05, 3.63) is 29.8 Å². The van der Waals surface area contributed by atoms with Crippen LogP contribution in [-0.2, 0) is 16.0 Å². The average Bonchev–Trinajstić information content (AvgIpc) is 2.32. The normalized spacial score (nSPS) is 23.6. The summed E-state index contributed by atoms with van der Waals surface area (Å²) in [6.07, 6.45) is 2.14. The molecule has 4 heteroatoms. The zero-order valence-corrected chi connectivity index (χ0v) is 10.6. The number of phenolic OH excluding ortho intramolecular Hbond substituents is 1. The van der Waals surface area contributed by atoms with Crippen LogP contribution in [0.4, 0.5) is 0 Å². The van der Waals surface area contributed by atoms with E-state index in [9.17, 15) is 9.90 Å². The molecule has 1 aromatic rings. The van der Waals surface area contributed by atoms with Crippen LogP contribution in [-0.4, -0.2) is 29.8 Å². The number of aromatic hydroxyl groups is 1. The fourth-order valence-corrected chi connectivity index (χ4v) is 2.24. The zero-order valence-electron chi connectivity index (χ0n) is 10.6. The van der Waals surface area contributed by atoms with Crippen LogP contribution in [0.2, 0.25) is 0 Å². The number of phenols is 1. The van der Waals surface area contributed by atoms with Crippen molar-refractivity contribution < 1.29 is 14.6 Å². The fraction of sp³-hybridized carbons (Fsp3) is 0.500. The van der Waals surface area contributed by atoms with Crippen LogP contribution in [0.5, 0.6) is 5.75 Å². The molecule has 1 aromatic carbocycles. The first-order chi connectivity index (χ1) is 8.65. The maximum atomic E-state index is 11.9. The molecule has 0 spiro atoms. The summed E-state index contributed by atoms with van der Waals surface area (Å²) in [6, 6.07) is 7.11. The average molecular weight is 249 g/mol. The third-order valence-electron chi connectivity index (χ3n) is 3.19. The highest BCUT2D eigenvalue weighted by molar-refractivity contribution is 5.79. The molecule has 2 N–H and O–H groups in total. The highest BCUT2D eigenvalue weighted by Crippen LogP contribution is 2.17. The SMILES string of the molecule is CC1CC(NC(=O)Cc2ccccc2O)CCO1. The molecule has 0 radical (unpaired) electrons. The van der Waals surface area contributed by atoms with Gasteiger partial charge in [-0.1, -0.05) is 18.2 Å². The van der Waals surface area contributed by atoms with E-state index in [1.807, 2.05) is 13.0 Å². The zero-order chi connectivity index (χ0) is 13.0. The molecule has 18 heavy (non-hydrogen) atoms. The standard InChI is InChI=1S/C14H19NO3/c1-10-8-12(6-7-18-10)15-14(17)9-11-4-2-3-5-13(11)16/h2-5,10,12,16H,6-9H2,1H3,(H,15,17). The lowest BCUT2D eigenvalue weighted by atomic mass is 10.0. The summed E-state index contributed by atoms with van der Waals surface area (Å²) < 4.78 is 5.44. The number of benzene rings is 1. The third kappa shape index (κ3) is 3.47. The number of amides is 1. The quantitative estimate of drug-likeness (QED) is 0.855. The number of hydrogen-bond acceptors (Lipinski definition) is 3. The maximum Gasteiger partial charge on any atom is 0.224 e. The summed E-state index contributed by atoms with van der Waals surface area (Å²) in [4.78, 5) is 11.9. The van der Waals surface area contributed by atoms with Crippen molar-refractivity contribution in [2.75, 3.05) is 6.61 Å². The van der Waals surface area contributed by atoms with Crippen LogP contribution in [0, 0.1) is 0 Å². The Kier molecular flexibility index (Phi) is 4.20. The van der Waals surface area contributed by atoms with Crippen LogP contribution in [0.3, 0.4) is 0 Å². The van der Waals surface area contributed by atoms with Crippen LogP contribution in [0.15, 0.2) is 24.3 Å². The number of ether oxygens (including phenoxy) is 1. The van der Waals surface area contributed by atoms with E-state index < -0.39 is 0 Å². The smallest absolute Gasteiger partial charge is 0.224 e. The molecule has 1 heterocycles. The Morgan fingerprint density at radius 1 is 1.50 bits per heavy atom. The monoisotopic (exact) mass is 249 g/mol. The Balaban J connectivity index is 1.87. The molecule has 1 fully saturated rings. The molecule has 4 nitrogen and oxygen atoms in total. The Hall–Kier alpha value is -1.55. The van der Waals surface area contributed by atoms with Crippen molar-refractivity contribution >= 4 is 5.91 Å². The lowest BCUT2D eigenvalue weighted by Gasteiger charge is -2.28. The van der Waals surface area contributed by atoms with Gasteiger partial charge < -0.3 is 15.2 Å². The second-order valence-corrected chi connectivity index (χ2v) is 4.78. The molecule has 0 saturated carbocycles. The second-order valence-electron chi connectivity index (χ2n) is 4.78. The molecule has 0 bridgehead atoms. The second kappa shape index (κ2) is 5.87. The van der Waals surface area contributed by atoms with Gasteiger partial charge in [-0.05, 0) is 25.8 Å². The van der Waals surface area contributed by atoms with Crippen molar-refractivity contribution in [1.82, 2.24) is 5.32 Å². The molecule has 0 aromatic heterocycles. The van der Waals surface area contributed by atoms with Crippen LogP contribution >= 0.6 is 0 Å². The molecule has 1 amide bonds. The van der Waals surface area contributed by atoms with E-state index in [1.165, 1.54) is 0 Å². The van der Waals surface area contributed by atoms with Gasteiger partial charge in [0.1, 0.15) is 5.75 Å². The first-order valence-corrected chi connectivity index (χ1v) is 6.33. The van der Waals surface area contributed by atoms with Gasteiger partial charge in [-0.3, -0.25) is 4.79 Å². The van der Waals surface area contributed by atoms with E-state index in [0.717, 1.165) is 12.8 Å². The summed E-state index contributed by atoms with van der Waals surface area (Å²) in [5.41, 5.74) is 0.662. The van der Waals surface area contributed by atoms with Crippen molar-refractivity contribution in [2.24, 2.45) is 0 Å². The lowest BCUT2D eigenvalue weighted by molar-refractivity contribution is -0.122. The van der Waals surface area contributed by atoms with Crippen LogP contribution < -0.4 is 5.32 Å². The third-order valence-corrected chi connectivity index (χ3v) is 3.19. The Labute approximate surface area is 107 Å². The van der Waals surface area contributed by atoms with E-state index in [2.05, 4.69) is 5.32 Å². The topological polar surface area (TPSA) is 58.6 Å². The molecule has 2 unspecified atom stereocenters. The minimum absolute atomic E-state index is 0.0457. The molecule has 1 saturated heterocycles. The van der Waals surface area contributed by atoms with Gasteiger partial charge in [-0.2, -0.15) is 0 Å². The summed E-state index contributed by atoms with van der Waals surface area (Å²) >= 11 is 0. The van der Waals surface area contributed by atoms with Crippen LogP contribution in [0.1, 0.15) is 25.3 Å². The molecular weight excluding hydrogens is 230 g/mol. The number of rotatable bonds is 3. The highest BCUT2D eigenvalue weighted by Gasteiger charge is 2.21. The maximum absolute atomic E-state index is 11.9. The van der Waals surface area contributed by atoms with Crippen molar-refractivity contribution in [2.45, 2.75) is 38.3 Å². The largest absolute Gasteiger partial charge is 0.508 e. The van der Waals surface area contributed by atoms with Gasteiger partial charge in [0.25, 0.3) is 0 Å². The molecule has 2 atom stereocenters.